The van der Waals surface area contributed by atoms with Crippen LogP contribution in [0.1, 0.15) is 28.9 Å². The van der Waals surface area contributed by atoms with Crippen molar-refractivity contribution in [2.24, 2.45) is 0 Å². The first-order valence-electron chi connectivity index (χ1n) is 10.2. The third-order valence-electron chi connectivity index (χ3n) is 5.64. The maximum absolute atomic E-state index is 14.7. The number of carboxylic acid groups (broad SMARTS) is 1. The van der Waals surface area contributed by atoms with Crippen molar-refractivity contribution in [2.75, 3.05) is 31.2 Å². The van der Waals surface area contributed by atoms with E-state index in [2.05, 4.69) is 5.32 Å². The van der Waals surface area contributed by atoms with Crippen molar-refractivity contribution < 1.29 is 33.0 Å². The molecule has 2 N–H and O–H groups in total. The fraction of sp³-hybridized carbons (Fsp3) is 0.261. The van der Waals surface area contributed by atoms with Gasteiger partial charge in [0.25, 0.3) is 5.91 Å². The van der Waals surface area contributed by atoms with Crippen molar-refractivity contribution in [2.45, 2.75) is 13.0 Å². The molecule has 0 unspecified atom stereocenters. The number of carboxylic acids is 1. The molecule has 1 fully saturated rings. The van der Waals surface area contributed by atoms with E-state index in [0.717, 1.165) is 6.07 Å². The van der Waals surface area contributed by atoms with Crippen molar-refractivity contribution in [3.8, 4) is 0 Å². The third-order valence-corrected chi connectivity index (χ3v) is 5.64. The van der Waals surface area contributed by atoms with Crippen LogP contribution in [0.25, 0.3) is 0 Å². The Kier molecular flexibility index (Phi) is 6.10. The van der Waals surface area contributed by atoms with Gasteiger partial charge in [0.15, 0.2) is 0 Å². The molecule has 0 saturated carbocycles. The maximum Gasteiger partial charge on any atom is 0.335 e. The summed E-state index contributed by atoms with van der Waals surface area (Å²) in [6.07, 6.45) is 0. The Balaban J connectivity index is 1.85. The summed E-state index contributed by atoms with van der Waals surface area (Å²) in [6, 6.07) is 6.80. The summed E-state index contributed by atoms with van der Waals surface area (Å²) in [5.74, 6) is -3.29. The lowest BCUT2D eigenvalue weighted by Crippen LogP contribution is -2.51. The molecule has 1 saturated heterocycles. The molecule has 0 aliphatic carbocycles. The largest absolute Gasteiger partial charge is 0.478 e. The molecule has 0 aromatic heterocycles. The van der Waals surface area contributed by atoms with Gasteiger partial charge < -0.3 is 20.1 Å². The standard InChI is InChI=1S/C23H21F2N3O5/c1-13-19(21(29)27-7-9-33-10-8-27)20(17-6-5-15(24)12-18(17)25)26-23(32)28(13)16-4-2-3-14(11-16)22(30)31/h2-6,11-12,20H,7-10H2,1H3,(H,26,32)(H,30,31)/t20-/m1/s1. The quantitative estimate of drug-likeness (QED) is 0.735. The Morgan fingerprint density at radius 2 is 1.85 bits per heavy atom. The number of nitrogens with one attached hydrogen (secondary N) is 1. The van der Waals surface area contributed by atoms with E-state index < -0.39 is 35.6 Å². The normalized spacial score (nSPS) is 18.9. The van der Waals surface area contributed by atoms with Gasteiger partial charge in [-0.1, -0.05) is 12.1 Å². The van der Waals surface area contributed by atoms with Gasteiger partial charge in [0.05, 0.1) is 36.1 Å². The van der Waals surface area contributed by atoms with E-state index in [0.29, 0.717) is 32.4 Å². The monoisotopic (exact) mass is 457 g/mol. The molecule has 0 radical (unpaired) electrons. The van der Waals surface area contributed by atoms with Gasteiger partial charge in [0.2, 0.25) is 0 Å². The molecule has 2 aromatic rings. The summed E-state index contributed by atoms with van der Waals surface area (Å²) in [6.45, 7) is 2.84. The van der Waals surface area contributed by atoms with Crippen LogP contribution >= 0.6 is 0 Å². The number of nitrogens with zero attached hydrogens (tertiary/aromatic N) is 2. The predicted octanol–water partition coefficient (Wildman–Crippen LogP) is 3.07. The number of hydrogen-bond acceptors (Lipinski definition) is 4. The average Bonchev–Trinajstić information content (AvgIpc) is 2.79. The second kappa shape index (κ2) is 8.99. The molecule has 2 heterocycles. The fourth-order valence-electron chi connectivity index (χ4n) is 4.01. The first-order chi connectivity index (χ1) is 15.8. The molecule has 1 atom stereocenters. The number of aromatic carboxylic acids is 1. The summed E-state index contributed by atoms with van der Waals surface area (Å²) in [7, 11) is 0. The number of allylic oxidation sites excluding steroid dienone is 1. The van der Waals surface area contributed by atoms with Crippen LogP contribution < -0.4 is 10.2 Å². The molecule has 0 spiro atoms. The SMILES string of the molecule is CC1=C(C(=O)N2CCOCC2)[C@@H](c2ccc(F)cc2F)NC(=O)N1c1cccc(C(=O)O)c1. The second-order valence-electron chi connectivity index (χ2n) is 7.64. The minimum atomic E-state index is -1.17. The van der Waals surface area contributed by atoms with Crippen LogP contribution in [0.4, 0.5) is 19.3 Å². The summed E-state index contributed by atoms with van der Waals surface area (Å²) in [5.41, 5.74) is 0.449. The number of rotatable bonds is 4. The van der Waals surface area contributed by atoms with Gasteiger partial charge in [-0.3, -0.25) is 9.69 Å². The Bertz CT molecular complexity index is 1160. The molecule has 33 heavy (non-hydrogen) atoms. The molecule has 0 bridgehead atoms. The van der Waals surface area contributed by atoms with Crippen LogP contribution in [0, 0.1) is 11.6 Å². The Morgan fingerprint density at radius 3 is 2.52 bits per heavy atom. The summed E-state index contributed by atoms with van der Waals surface area (Å²) >= 11 is 0. The first-order valence-corrected chi connectivity index (χ1v) is 10.2. The number of halogens is 2. The number of urea groups is 1. The Morgan fingerprint density at radius 1 is 1.12 bits per heavy atom. The van der Waals surface area contributed by atoms with E-state index in [9.17, 15) is 28.3 Å². The van der Waals surface area contributed by atoms with E-state index in [1.165, 1.54) is 42.2 Å². The fourth-order valence-corrected chi connectivity index (χ4v) is 4.01. The highest BCUT2D eigenvalue weighted by molar-refractivity contribution is 6.05. The van der Waals surface area contributed by atoms with E-state index in [1.807, 2.05) is 0 Å². The van der Waals surface area contributed by atoms with Gasteiger partial charge >= 0.3 is 12.0 Å². The van der Waals surface area contributed by atoms with Gasteiger partial charge in [-0.2, -0.15) is 0 Å². The molecule has 172 valence electrons. The van der Waals surface area contributed by atoms with Crippen LogP contribution in [-0.4, -0.2) is 54.2 Å². The van der Waals surface area contributed by atoms with Crippen molar-refractivity contribution >= 4 is 23.6 Å². The predicted molar refractivity (Wildman–Crippen MR) is 114 cm³/mol. The van der Waals surface area contributed by atoms with Crippen LogP contribution in [0.3, 0.4) is 0 Å². The van der Waals surface area contributed by atoms with E-state index in [-0.39, 0.29) is 28.1 Å². The third kappa shape index (κ3) is 4.29. The number of hydrogen-bond donors (Lipinski definition) is 2. The Labute approximate surface area is 188 Å². The summed E-state index contributed by atoms with van der Waals surface area (Å²) < 4.78 is 33.5. The zero-order valence-corrected chi connectivity index (χ0v) is 17.7. The molecule has 2 aliphatic rings. The van der Waals surface area contributed by atoms with Gasteiger partial charge in [-0.25, -0.2) is 18.4 Å². The lowest BCUT2D eigenvalue weighted by atomic mass is 9.93. The van der Waals surface area contributed by atoms with Crippen molar-refractivity contribution in [3.05, 3.63) is 76.5 Å². The minimum Gasteiger partial charge on any atom is -0.478 e. The topological polar surface area (TPSA) is 99.2 Å². The lowest BCUT2D eigenvalue weighted by molar-refractivity contribution is -0.131. The maximum atomic E-state index is 14.7. The van der Waals surface area contributed by atoms with E-state index in [1.54, 1.807) is 4.90 Å². The molecular formula is C23H21F2N3O5. The average molecular weight is 457 g/mol. The summed E-state index contributed by atoms with van der Waals surface area (Å²) in [5, 5.41) is 11.9. The van der Waals surface area contributed by atoms with Crippen LogP contribution in [0.5, 0.6) is 0 Å². The molecule has 3 amide bonds. The second-order valence-corrected chi connectivity index (χ2v) is 7.64. The molecule has 2 aromatic carbocycles. The van der Waals surface area contributed by atoms with Gasteiger partial charge in [0.1, 0.15) is 11.6 Å². The number of ether oxygens (including phenoxy) is 1. The number of anilines is 1. The molecule has 4 rings (SSSR count). The zero-order chi connectivity index (χ0) is 23.7. The molecule has 2 aliphatic heterocycles. The van der Waals surface area contributed by atoms with Crippen molar-refractivity contribution in [1.82, 2.24) is 10.2 Å². The van der Waals surface area contributed by atoms with Crippen molar-refractivity contribution in [3.63, 3.8) is 0 Å². The lowest BCUT2D eigenvalue weighted by Gasteiger charge is -2.38. The highest BCUT2D eigenvalue weighted by atomic mass is 19.1. The highest BCUT2D eigenvalue weighted by Crippen LogP contribution is 2.36. The minimum absolute atomic E-state index is 0.0409. The van der Waals surface area contributed by atoms with E-state index >= 15 is 0 Å². The van der Waals surface area contributed by atoms with Crippen LogP contribution in [0.2, 0.25) is 0 Å². The number of benzene rings is 2. The number of carbonyl (C=O) groups is 3. The first kappa shape index (κ1) is 22.4. The van der Waals surface area contributed by atoms with Gasteiger partial charge in [-0.15, -0.1) is 0 Å². The van der Waals surface area contributed by atoms with Gasteiger partial charge in [-0.05, 0) is 31.2 Å². The van der Waals surface area contributed by atoms with Crippen LogP contribution in [0.15, 0.2) is 53.7 Å². The van der Waals surface area contributed by atoms with E-state index in [4.69, 9.17) is 4.74 Å². The van der Waals surface area contributed by atoms with Gasteiger partial charge in [0, 0.05) is 30.4 Å². The number of morpholine rings is 1. The molecule has 10 heteroatoms. The Hall–Kier alpha value is -3.79. The summed E-state index contributed by atoms with van der Waals surface area (Å²) in [4.78, 5) is 40.7. The zero-order valence-electron chi connectivity index (χ0n) is 17.7. The number of carbonyl (C=O) groups excluding carboxylic acids is 2. The smallest absolute Gasteiger partial charge is 0.335 e. The van der Waals surface area contributed by atoms with Crippen LogP contribution in [-0.2, 0) is 9.53 Å². The molecule has 8 nitrogen and oxygen atoms in total. The van der Waals surface area contributed by atoms with Crippen molar-refractivity contribution in [1.29, 1.82) is 0 Å². The highest BCUT2D eigenvalue weighted by Gasteiger charge is 2.39. The molecular weight excluding hydrogens is 436 g/mol. The number of amides is 3.